The highest BCUT2D eigenvalue weighted by Gasteiger charge is 2.12. The van der Waals surface area contributed by atoms with E-state index in [1.54, 1.807) is 7.05 Å². The first kappa shape index (κ1) is 19.5. The van der Waals surface area contributed by atoms with Crippen molar-refractivity contribution in [2.45, 2.75) is 39.7 Å². The van der Waals surface area contributed by atoms with Crippen LogP contribution in [0.15, 0.2) is 30.3 Å². The number of amides is 3. The van der Waals surface area contributed by atoms with Gasteiger partial charge in [-0.2, -0.15) is 5.10 Å². The topological polar surface area (TPSA) is 88.0 Å². The maximum absolute atomic E-state index is 12.3. The standard InChI is InChI=1S/C19H27N5O2/c1-13-11-14(2)24(23-13)15(3)12-21-19(26)22-17-8-6-5-7-16(17)9-10-18(25)20-4/h5-8,11,15H,9-10,12H2,1-4H3,(H,20,25)(H2,21,22,26). The Bertz CT molecular complexity index is 769. The van der Waals surface area contributed by atoms with Crippen molar-refractivity contribution in [2.75, 3.05) is 18.9 Å². The Labute approximate surface area is 154 Å². The first-order valence-corrected chi connectivity index (χ1v) is 8.76. The minimum absolute atomic E-state index is 0.0250. The third-order valence-electron chi connectivity index (χ3n) is 4.19. The second-order valence-electron chi connectivity index (χ2n) is 6.39. The molecular weight excluding hydrogens is 330 g/mol. The summed E-state index contributed by atoms with van der Waals surface area (Å²) < 4.78 is 1.91. The molecule has 1 aromatic heterocycles. The van der Waals surface area contributed by atoms with Crippen LogP contribution in [-0.2, 0) is 11.2 Å². The van der Waals surface area contributed by atoms with Crippen molar-refractivity contribution in [1.29, 1.82) is 0 Å². The minimum Gasteiger partial charge on any atom is -0.359 e. The number of carbonyl (C=O) groups is 2. The number of carbonyl (C=O) groups excluding carboxylic acids is 2. The highest BCUT2D eigenvalue weighted by Crippen LogP contribution is 2.17. The number of rotatable bonds is 7. The number of urea groups is 1. The SMILES string of the molecule is CNC(=O)CCc1ccccc1NC(=O)NCC(C)n1nc(C)cc1C. The number of anilines is 1. The van der Waals surface area contributed by atoms with Gasteiger partial charge < -0.3 is 16.0 Å². The van der Waals surface area contributed by atoms with Gasteiger partial charge >= 0.3 is 6.03 Å². The number of aromatic nitrogens is 2. The van der Waals surface area contributed by atoms with Crippen LogP contribution in [0.25, 0.3) is 0 Å². The van der Waals surface area contributed by atoms with Crippen LogP contribution < -0.4 is 16.0 Å². The first-order valence-electron chi connectivity index (χ1n) is 8.76. The van der Waals surface area contributed by atoms with Gasteiger partial charge in [-0.05, 0) is 44.9 Å². The number of aryl methyl sites for hydroxylation is 3. The number of nitrogens with one attached hydrogen (secondary N) is 3. The molecule has 0 fully saturated rings. The number of nitrogens with zero attached hydrogens (tertiary/aromatic N) is 2. The lowest BCUT2D eigenvalue weighted by Gasteiger charge is -2.16. The van der Waals surface area contributed by atoms with E-state index in [4.69, 9.17) is 0 Å². The number of hydrogen-bond donors (Lipinski definition) is 3. The largest absolute Gasteiger partial charge is 0.359 e. The molecule has 0 aliphatic carbocycles. The fraction of sp³-hybridized carbons (Fsp3) is 0.421. The summed E-state index contributed by atoms with van der Waals surface area (Å²) in [5.74, 6) is -0.0250. The monoisotopic (exact) mass is 357 g/mol. The van der Waals surface area contributed by atoms with Gasteiger partial charge in [-0.15, -0.1) is 0 Å². The molecular formula is C19H27N5O2. The molecule has 7 heteroatoms. The molecule has 2 aromatic rings. The van der Waals surface area contributed by atoms with Crippen molar-refractivity contribution >= 4 is 17.6 Å². The van der Waals surface area contributed by atoms with E-state index in [2.05, 4.69) is 21.0 Å². The molecule has 0 saturated carbocycles. The molecule has 0 aliphatic rings. The zero-order valence-corrected chi connectivity index (χ0v) is 15.8. The molecule has 3 N–H and O–H groups in total. The number of hydrogen-bond acceptors (Lipinski definition) is 3. The summed E-state index contributed by atoms with van der Waals surface area (Å²) in [6, 6.07) is 9.30. The molecule has 7 nitrogen and oxygen atoms in total. The van der Waals surface area contributed by atoms with Gasteiger partial charge in [0, 0.05) is 31.4 Å². The van der Waals surface area contributed by atoms with Crippen LogP contribution >= 0.6 is 0 Å². The Morgan fingerprint density at radius 3 is 2.62 bits per heavy atom. The van der Waals surface area contributed by atoms with Gasteiger partial charge in [-0.1, -0.05) is 18.2 Å². The zero-order valence-electron chi connectivity index (χ0n) is 15.8. The predicted molar refractivity (Wildman–Crippen MR) is 102 cm³/mol. The van der Waals surface area contributed by atoms with Gasteiger partial charge in [0.25, 0.3) is 0 Å². The van der Waals surface area contributed by atoms with Crippen LogP contribution in [0, 0.1) is 13.8 Å². The van der Waals surface area contributed by atoms with E-state index in [1.165, 1.54) is 0 Å². The second-order valence-corrected chi connectivity index (χ2v) is 6.39. The summed E-state index contributed by atoms with van der Waals surface area (Å²) in [6.45, 7) is 6.43. The fourth-order valence-electron chi connectivity index (χ4n) is 2.82. The van der Waals surface area contributed by atoms with Crippen LogP contribution in [0.4, 0.5) is 10.5 Å². The van der Waals surface area contributed by atoms with Crippen molar-refractivity contribution in [3.63, 3.8) is 0 Å². The Hall–Kier alpha value is -2.83. The molecule has 1 aromatic carbocycles. The molecule has 0 spiro atoms. The predicted octanol–water partition coefficient (Wildman–Crippen LogP) is 2.56. The van der Waals surface area contributed by atoms with Crippen LogP contribution in [0.3, 0.4) is 0 Å². The maximum Gasteiger partial charge on any atom is 0.319 e. The highest BCUT2D eigenvalue weighted by atomic mass is 16.2. The summed E-state index contributed by atoms with van der Waals surface area (Å²) in [5, 5.41) is 12.8. The lowest BCUT2D eigenvalue weighted by Crippen LogP contribution is -2.34. The lowest BCUT2D eigenvalue weighted by molar-refractivity contribution is -0.120. The van der Waals surface area contributed by atoms with E-state index in [1.807, 2.05) is 55.8 Å². The molecule has 0 bridgehead atoms. The van der Waals surface area contributed by atoms with Crippen LogP contribution in [0.1, 0.15) is 36.3 Å². The van der Waals surface area contributed by atoms with Gasteiger partial charge in [0.05, 0.1) is 11.7 Å². The van der Waals surface area contributed by atoms with Gasteiger partial charge in [-0.3, -0.25) is 9.48 Å². The molecule has 1 unspecified atom stereocenters. The van der Waals surface area contributed by atoms with Gasteiger partial charge in [-0.25, -0.2) is 4.79 Å². The lowest BCUT2D eigenvalue weighted by atomic mass is 10.1. The van der Waals surface area contributed by atoms with Crippen molar-refractivity contribution < 1.29 is 9.59 Å². The Morgan fingerprint density at radius 1 is 1.23 bits per heavy atom. The summed E-state index contributed by atoms with van der Waals surface area (Å²) in [6.07, 6.45) is 0.948. The number of para-hydroxylation sites is 1. The molecule has 26 heavy (non-hydrogen) atoms. The van der Waals surface area contributed by atoms with Crippen molar-refractivity contribution in [3.05, 3.63) is 47.3 Å². The van der Waals surface area contributed by atoms with E-state index in [0.29, 0.717) is 25.1 Å². The van der Waals surface area contributed by atoms with E-state index in [0.717, 1.165) is 17.0 Å². The van der Waals surface area contributed by atoms with Crippen molar-refractivity contribution in [1.82, 2.24) is 20.4 Å². The molecule has 0 aliphatic heterocycles. The first-order chi connectivity index (χ1) is 12.4. The molecule has 140 valence electrons. The number of benzene rings is 1. The molecule has 3 amide bonds. The third kappa shape index (κ3) is 5.34. The van der Waals surface area contributed by atoms with Gasteiger partial charge in [0.1, 0.15) is 0 Å². The van der Waals surface area contributed by atoms with Gasteiger partial charge in [0.2, 0.25) is 5.91 Å². The van der Waals surface area contributed by atoms with Crippen LogP contribution in [-0.4, -0.2) is 35.3 Å². The van der Waals surface area contributed by atoms with Crippen molar-refractivity contribution in [3.8, 4) is 0 Å². The molecule has 1 atom stereocenters. The average Bonchev–Trinajstić information content (AvgIpc) is 2.97. The zero-order chi connectivity index (χ0) is 19.1. The fourth-order valence-corrected chi connectivity index (χ4v) is 2.82. The molecule has 0 saturated heterocycles. The summed E-state index contributed by atoms with van der Waals surface area (Å²) in [7, 11) is 1.61. The van der Waals surface area contributed by atoms with E-state index in [-0.39, 0.29) is 18.0 Å². The molecule has 0 radical (unpaired) electrons. The maximum atomic E-state index is 12.3. The van der Waals surface area contributed by atoms with E-state index >= 15 is 0 Å². The Balaban J connectivity index is 1.91. The van der Waals surface area contributed by atoms with Crippen molar-refractivity contribution in [2.24, 2.45) is 0 Å². The summed E-state index contributed by atoms with van der Waals surface area (Å²) in [4.78, 5) is 23.7. The Morgan fingerprint density at radius 2 is 1.96 bits per heavy atom. The minimum atomic E-state index is -0.272. The quantitative estimate of drug-likeness (QED) is 0.711. The van der Waals surface area contributed by atoms with Gasteiger partial charge in [0.15, 0.2) is 0 Å². The van der Waals surface area contributed by atoms with E-state index < -0.39 is 0 Å². The third-order valence-corrected chi connectivity index (χ3v) is 4.19. The van der Waals surface area contributed by atoms with Crippen LogP contribution in [0.5, 0.6) is 0 Å². The molecule has 2 rings (SSSR count). The summed E-state index contributed by atoms with van der Waals surface area (Å²) in [5.41, 5.74) is 3.67. The smallest absolute Gasteiger partial charge is 0.319 e. The average molecular weight is 357 g/mol. The Kier molecular flexibility index (Phi) is 6.77. The molecule has 1 heterocycles. The normalized spacial score (nSPS) is 11.7. The summed E-state index contributed by atoms with van der Waals surface area (Å²) >= 11 is 0. The second kappa shape index (κ2) is 9.03. The van der Waals surface area contributed by atoms with E-state index in [9.17, 15) is 9.59 Å². The van der Waals surface area contributed by atoms with Crippen LogP contribution in [0.2, 0.25) is 0 Å². The highest BCUT2D eigenvalue weighted by molar-refractivity contribution is 5.90.